The van der Waals surface area contributed by atoms with Gasteiger partial charge in [-0.1, -0.05) is 0 Å². The van der Waals surface area contributed by atoms with Gasteiger partial charge in [0.05, 0.1) is 5.69 Å². The van der Waals surface area contributed by atoms with Gasteiger partial charge in [-0.15, -0.1) is 0 Å². The molecule has 0 N–H and O–H groups in total. The number of oxazole rings is 1. The molecule has 1 aromatic heterocycles. The zero-order valence-corrected chi connectivity index (χ0v) is 8.85. The minimum atomic E-state index is 0.331. The van der Waals surface area contributed by atoms with Crippen LogP contribution in [0.2, 0.25) is 0 Å². The van der Waals surface area contributed by atoms with E-state index in [9.17, 15) is 4.79 Å². The molecule has 1 fully saturated rings. The highest BCUT2D eigenvalue weighted by Crippen LogP contribution is 2.15. The Labute approximate surface area is 88.7 Å². The molecule has 0 aromatic carbocycles. The number of hydrogen-bond acceptors (Lipinski definition) is 5. The van der Waals surface area contributed by atoms with E-state index < -0.39 is 0 Å². The maximum absolute atomic E-state index is 10.3. The third kappa shape index (κ3) is 2.36. The first-order valence-corrected chi connectivity index (χ1v) is 5.11. The Kier molecular flexibility index (Phi) is 3.01. The lowest BCUT2D eigenvalue weighted by molar-refractivity contribution is -0.107. The number of nitrogens with zero attached hydrogens (tertiary/aromatic N) is 3. The van der Waals surface area contributed by atoms with Crippen LogP contribution in [0.25, 0.3) is 0 Å². The van der Waals surface area contributed by atoms with Gasteiger partial charge in [0.1, 0.15) is 12.5 Å². The fourth-order valence-electron chi connectivity index (χ4n) is 1.62. The quantitative estimate of drug-likeness (QED) is 0.664. The monoisotopic (exact) mass is 209 g/mol. The molecule has 0 saturated carbocycles. The molecular weight excluding hydrogens is 194 g/mol. The van der Waals surface area contributed by atoms with Gasteiger partial charge in [0.2, 0.25) is 0 Å². The van der Waals surface area contributed by atoms with Crippen molar-refractivity contribution in [3.05, 3.63) is 12.0 Å². The number of aldehydes is 1. The molecule has 0 radical (unpaired) electrons. The van der Waals surface area contributed by atoms with E-state index >= 15 is 0 Å². The maximum atomic E-state index is 10.3. The van der Waals surface area contributed by atoms with E-state index in [1.54, 1.807) is 6.26 Å². The topological polar surface area (TPSA) is 49.6 Å². The SMILES string of the molecule is CN1CCN(c2nc(CC=O)co2)CC1. The number of carbonyl (C=O) groups excluding carboxylic acids is 1. The Morgan fingerprint density at radius 1 is 1.47 bits per heavy atom. The van der Waals surface area contributed by atoms with E-state index in [2.05, 4.69) is 21.8 Å². The molecule has 82 valence electrons. The lowest BCUT2D eigenvalue weighted by Crippen LogP contribution is -2.44. The van der Waals surface area contributed by atoms with Crippen LogP contribution >= 0.6 is 0 Å². The van der Waals surface area contributed by atoms with E-state index in [1.807, 2.05) is 0 Å². The van der Waals surface area contributed by atoms with Crippen LogP contribution in [-0.2, 0) is 11.2 Å². The van der Waals surface area contributed by atoms with Crippen molar-refractivity contribution in [1.82, 2.24) is 9.88 Å². The van der Waals surface area contributed by atoms with Crippen LogP contribution in [0.4, 0.5) is 6.01 Å². The number of aromatic nitrogens is 1. The number of piperazine rings is 1. The fourth-order valence-corrected chi connectivity index (χ4v) is 1.62. The summed E-state index contributed by atoms with van der Waals surface area (Å²) in [5.74, 6) is 0. The Morgan fingerprint density at radius 3 is 2.87 bits per heavy atom. The van der Waals surface area contributed by atoms with Crippen molar-refractivity contribution in [3.8, 4) is 0 Å². The van der Waals surface area contributed by atoms with Crippen molar-refractivity contribution < 1.29 is 9.21 Å². The molecule has 1 aliphatic heterocycles. The van der Waals surface area contributed by atoms with Gasteiger partial charge in [0, 0.05) is 32.6 Å². The fraction of sp³-hybridized carbons (Fsp3) is 0.600. The second-order valence-electron chi connectivity index (χ2n) is 3.78. The summed E-state index contributed by atoms with van der Waals surface area (Å²) in [6.07, 6.45) is 2.73. The molecule has 0 bridgehead atoms. The van der Waals surface area contributed by atoms with Crippen LogP contribution < -0.4 is 4.90 Å². The van der Waals surface area contributed by atoms with E-state index in [4.69, 9.17) is 4.42 Å². The first-order valence-electron chi connectivity index (χ1n) is 5.11. The minimum absolute atomic E-state index is 0.331. The highest BCUT2D eigenvalue weighted by molar-refractivity contribution is 5.53. The second-order valence-corrected chi connectivity index (χ2v) is 3.78. The van der Waals surface area contributed by atoms with Gasteiger partial charge in [0.15, 0.2) is 0 Å². The molecule has 0 aliphatic carbocycles. The Balaban J connectivity index is 1.99. The first kappa shape index (κ1) is 10.2. The van der Waals surface area contributed by atoms with E-state index in [0.29, 0.717) is 18.1 Å². The van der Waals surface area contributed by atoms with Gasteiger partial charge in [-0.05, 0) is 7.05 Å². The van der Waals surface area contributed by atoms with Crippen LogP contribution in [0.5, 0.6) is 0 Å². The Morgan fingerprint density at radius 2 is 2.20 bits per heavy atom. The van der Waals surface area contributed by atoms with Crippen molar-refractivity contribution in [2.75, 3.05) is 38.1 Å². The standard InChI is InChI=1S/C10H15N3O2/c1-12-3-5-13(6-4-12)10-11-9(2-7-14)8-15-10/h7-8H,2-6H2,1H3. The van der Waals surface area contributed by atoms with Gasteiger partial charge < -0.3 is 19.0 Å². The van der Waals surface area contributed by atoms with Crippen molar-refractivity contribution in [1.29, 1.82) is 0 Å². The highest BCUT2D eigenvalue weighted by atomic mass is 16.4. The third-order valence-electron chi connectivity index (χ3n) is 2.61. The van der Waals surface area contributed by atoms with E-state index in [-0.39, 0.29) is 0 Å². The summed E-state index contributed by atoms with van der Waals surface area (Å²) >= 11 is 0. The molecule has 1 saturated heterocycles. The molecule has 15 heavy (non-hydrogen) atoms. The maximum Gasteiger partial charge on any atom is 0.297 e. The predicted molar refractivity (Wildman–Crippen MR) is 56.0 cm³/mol. The molecule has 0 atom stereocenters. The average Bonchev–Trinajstić information content (AvgIpc) is 2.68. The van der Waals surface area contributed by atoms with Gasteiger partial charge in [-0.3, -0.25) is 0 Å². The third-order valence-corrected chi connectivity index (χ3v) is 2.61. The predicted octanol–water partition coefficient (Wildman–Crippen LogP) is 0.168. The van der Waals surface area contributed by atoms with Gasteiger partial charge in [-0.2, -0.15) is 4.98 Å². The van der Waals surface area contributed by atoms with E-state index in [0.717, 1.165) is 32.5 Å². The number of hydrogen-bond donors (Lipinski definition) is 0. The first-order chi connectivity index (χ1) is 7.29. The molecule has 0 spiro atoms. The summed E-state index contributed by atoms with van der Waals surface area (Å²) in [7, 11) is 2.10. The largest absolute Gasteiger partial charge is 0.432 e. The van der Waals surface area contributed by atoms with Crippen molar-refractivity contribution in [2.45, 2.75) is 6.42 Å². The van der Waals surface area contributed by atoms with Gasteiger partial charge in [0.25, 0.3) is 6.01 Å². The van der Waals surface area contributed by atoms with Crippen molar-refractivity contribution in [2.24, 2.45) is 0 Å². The van der Waals surface area contributed by atoms with Crippen molar-refractivity contribution in [3.63, 3.8) is 0 Å². The lowest BCUT2D eigenvalue weighted by Gasteiger charge is -2.31. The summed E-state index contributed by atoms with van der Waals surface area (Å²) in [6, 6.07) is 0.639. The molecule has 2 heterocycles. The normalized spacial score (nSPS) is 18.1. The van der Waals surface area contributed by atoms with Crippen LogP contribution in [0.1, 0.15) is 5.69 Å². The summed E-state index contributed by atoms with van der Waals surface area (Å²) in [4.78, 5) is 18.9. The molecule has 2 rings (SSSR count). The highest BCUT2D eigenvalue weighted by Gasteiger charge is 2.18. The molecule has 5 nitrogen and oxygen atoms in total. The van der Waals surface area contributed by atoms with Gasteiger partial charge in [-0.25, -0.2) is 0 Å². The molecule has 0 amide bonds. The number of anilines is 1. The number of likely N-dealkylation sites (N-methyl/N-ethyl adjacent to an activating group) is 1. The Bertz CT molecular complexity index is 329. The molecule has 0 unspecified atom stereocenters. The zero-order valence-electron chi connectivity index (χ0n) is 8.85. The van der Waals surface area contributed by atoms with Gasteiger partial charge >= 0.3 is 0 Å². The smallest absolute Gasteiger partial charge is 0.297 e. The Hall–Kier alpha value is -1.36. The van der Waals surface area contributed by atoms with Crippen molar-refractivity contribution >= 4 is 12.3 Å². The van der Waals surface area contributed by atoms with Crippen LogP contribution in [0.15, 0.2) is 10.7 Å². The zero-order chi connectivity index (χ0) is 10.7. The molecular formula is C10H15N3O2. The minimum Gasteiger partial charge on any atom is -0.432 e. The molecule has 5 heteroatoms. The lowest BCUT2D eigenvalue weighted by atomic mass is 10.3. The summed E-state index contributed by atoms with van der Waals surface area (Å²) < 4.78 is 5.33. The summed E-state index contributed by atoms with van der Waals surface area (Å²) in [5, 5.41) is 0. The number of carbonyl (C=O) groups is 1. The average molecular weight is 209 g/mol. The summed E-state index contributed by atoms with van der Waals surface area (Å²) in [6.45, 7) is 3.89. The van der Waals surface area contributed by atoms with Crippen LogP contribution in [-0.4, -0.2) is 49.4 Å². The van der Waals surface area contributed by atoms with Crippen LogP contribution in [0.3, 0.4) is 0 Å². The van der Waals surface area contributed by atoms with Crippen LogP contribution in [0, 0.1) is 0 Å². The second kappa shape index (κ2) is 4.44. The molecule has 1 aromatic rings. The number of rotatable bonds is 3. The summed E-state index contributed by atoms with van der Waals surface area (Å²) in [5.41, 5.74) is 0.707. The molecule has 1 aliphatic rings. The van der Waals surface area contributed by atoms with E-state index in [1.165, 1.54) is 0 Å².